The molecule has 80 valence electrons. The van der Waals surface area contributed by atoms with Gasteiger partial charge in [-0.3, -0.25) is 0 Å². The minimum Gasteiger partial charge on any atom is -0.317 e. The average Bonchev–Trinajstić information content (AvgIpc) is 2.22. The molecule has 0 amide bonds. The van der Waals surface area contributed by atoms with E-state index in [1.807, 2.05) is 13.8 Å². The van der Waals surface area contributed by atoms with Gasteiger partial charge >= 0.3 is 0 Å². The van der Waals surface area contributed by atoms with Gasteiger partial charge in [0.25, 0.3) is 0 Å². The number of piperidine rings is 1. The van der Waals surface area contributed by atoms with Crippen molar-refractivity contribution in [3.8, 4) is 0 Å². The minimum atomic E-state index is 0.943. The maximum Gasteiger partial charge on any atom is -0.00463 e. The monoisotopic (exact) mass is 185 g/mol. The molecule has 1 atom stereocenters. The van der Waals surface area contributed by atoms with E-state index in [0.717, 1.165) is 11.8 Å². The van der Waals surface area contributed by atoms with Crippen LogP contribution in [0.15, 0.2) is 0 Å². The molecule has 0 bridgehead atoms. The zero-order valence-corrected chi connectivity index (χ0v) is 9.90. The van der Waals surface area contributed by atoms with Crippen molar-refractivity contribution in [2.24, 2.45) is 11.8 Å². The third-order valence-electron chi connectivity index (χ3n) is 2.89. The molecule has 1 fully saturated rings. The van der Waals surface area contributed by atoms with Crippen LogP contribution in [-0.4, -0.2) is 13.1 Å². The molecule has 1 heterocycles. The van der Waals surface area contributed by atoms with Crippen LogP contribution in [0.2, 0.25) is 0 Å². The highest BCUT2D eigenvalue weighted by Crippen LogP contribution is 2.22. The second kappa shape index (κ2) is 8.55. The summed E-state index contributed by atoms with van der Waals surface area (Å²) >= 11 is 0. The molecule has 0 aromatic carbocycles. The summed E-state index contributed by atoms with van der Waals surface area (Å²) in [4.78, 5) is 0. The predicted molar refractivity (Wildman–Crippen MR) is 61.0 cm³/mol. The van der Waals surface area contributed by atoms with Crippen molar-refractivity contribution in [2.45, 2.75) is 53.4 Å². The highest BCUT2D eigenvalue weighted by Gasteiger charge is 2.14. The zero-order chi connectivity index (χ0) is 10.1. The van der Waals surface area contributed by atoms with Gasteiger partial charge in [-0.2, -0.15) is 0 Å². The molecule has 0 radical (unpaired) electrons. The van der Waals surface area contributed by atoms with E-state index in [1.165, 1.54) is 38.8 Å². The Morgan fingerprint density at radius 3 is 2.23 bits per heavy atom. The van der Waals surface area contributed by atoms with Crippen molar-refractivity contribution < 1.29 is 0 Å². The lowest BCUT2D eigenvalue weighted by molar-refractivity contribution is 0.305. The Bertz CT molecular complexity index is 95.3. The van der Waals surface area contributed by atoms with Gasteiger partial charge in [-0.25, -0.2) is 0 Å². The van der Waals surface area contributed by atoms with E-state index >= 15 is 0 Å². The molecular formula is C12H27N. The Balaban J connectivity index is 0.000000671. The Kier molecular flexibility index (Phi) is 8.53. The summed E-state index contributed by atoms with van der Waals surface area (Å²) < 4.78 is 0. The van der Waals surface area contributed by atoms with Crippen molar-refractivity contribution in [3.63, 3.8) is 0 Å². The van der Waals surface area contributed by atoms with Gasteiger partial charge < -0.3 is 5.32 Å². The first-order valence-electron chi connectivity index (χ1n) is 6.03. The lowest BCUT2D eigenvalue weighted by Gasteiger charge is -2.24. The summed E-state index contributed by atoms with van der Waals surface area (Å²) in [6.45, 7) is 11.2. The van der Waals surface area contributed by atoms with E-state index in [2.05, 4.69) is 19.2 Å². The van der Waals surface area contributed by atoms with Crippen LogP contribution in [0.5, 0.6) is 0 Å². The first-order valence-corrected chi connectivity index (χ1v) is 6.03. The molecule has 1 heteroatoms. The normalized spacial score (nSPS) is 20.3. The first-order chi connectivity index (χ1) is 6.33. The highest BCUT2D eigenvalue weighted by atomic mass is 14.9. The molecule has 1 aliphatic rings. The zero-order valence-electron chi connectivity index (χ0n) is 9.90. The van der Waals surface area contributed by atoms with Crippen LogP contribution in [0.25, 0.3) is 0 Å². The predicted octanol–water partition coefficient (Wildman–Crippen LogP) is 3.45. The van der Waals surface area contributed by atoms with E-state index in [1.54, 1.807) is 0 Å². The van der Waals surface area contributed by atoms with Gasteiger partial charge in [0.05, 0.1) is 0 Å². The summed E-state index contributed by atoms with van der Waals surface area (Å²) in [6.07, 6.45) is 5.62. The van der Waals surface area contributed by atoms with E-state index < -0.39 is 0 Å². The van der Waals surface area contributed by atoms with E-state index in [9.17, 15) is 0 Å². The van der Waals surface area contributed by atoms with Gasteiger partial charge in [0.1, 0.15) is 0 Å². The molecule has 1 aliphatic heterocycles. The van der Waals surface area contributed by atoms with Crippen LogP contribution in [0, 0.1) is 11.8 Å². The van der Waals surface area contributed by atoms with Crippen LogP contribution in [0.1, 0.15) is 53.4 Å². The van der Waals surface area contributed by atoms with Crippen LogP contribution in [0.4, 0.5) is 0 Å². The van der Waals surface area contributed by atoms with Gasteiger partial charge in [0, 0.05) is 0 Å². The summed E-state index contributed by atoms with van der Waals surface area (Å²) in [5, 5.41) is 3.41. The van der Waals surface area contributed by atoms with Crippen LogP contribution < -0.4 is 5.32 Å². The molecule has 0 aliphatic carbocycles. The summed E-state index contributed by atoms with van der Waals surface area (Å²) in [5.41, 5.74) is 0. The molecule has 13 heavy (non-hydrogen) atoms. The third-order valence-corrected chi connectivity index (χ3v) is 2.89. The lowest BCUT2D eigenvalue weighted by atomic mass is 9.88. The number of nitrogens with one attached hydrogen (secondary N) is 1. The van der Waals surface area contributed by atoms with Crippen LogP contribution in [0.3, 0.4) is 0 Å². The molecule has 0 aromatic heterocycles. The van der Waals surface area contributed by atoms with Crippen LogP contribution in [-0.2, 0) is 0 Å². The topological polar surface area (TPSA) is 12.0 Å². The molecular weight excluding hydrogens is 158 g/mol. The second-order valence-electron chi connectivity index (χ2n) is 3.94. The molecule has 0 spiro atoms. The summed E-state index contributed by atoms with van der Waals surface area (Å²) in [6, 6.07) is 0. The second-order valence-corrected chi connectivity index (χ2v) is 3.94. The Hall–Kier alpha value is -0.0400. The van der Waals surface area contributed by atoms with Crippen molar-refractivity contribution in [1.29, 1.82) is 0 Å². The van der Waals surface area contributed by atoms with Crippen LogP contribution >= 0.6 is 0 Å². The highest BCUT2D eigenvalue weighted by molar-refractivity contribution is 4.70. The first kappa shape index (κ1) is 13.0. The molecule has 0 aromatic rings. The molecule has 1 saturated heterocycles. The Morgan fingerprint density at radius 2 is 1.77 bits per heavy atom. The quantitative estimate of drug-likeness (QED) is 0.710. The molecule has 1 rings (SSSR count). The number of hydrogen-bond donors (Lipinski definition) is 1. The molecule has 0 saturated carbocycles. The third kappa shape index (κ3) is 6.09. The van der Waals surface area contributed by atoms with Gasteiger partial charge in [-0.05, 0) is 44.2 Å². The Labute approximate surface area is 84.3 Å². The fraction of sp³-hybridized carbons (Fsp3) is 1.00. The molecule has 0 unspecified atom stereocenters. The average molecular weight is 185 g/mol. The standard InChI is InChI=1S/C10H21N.C2H6/c1-3-9(2)8-10-4-6-11-7-5-10;1-2/h9-11H,3-8H2,1-2H3;1-2H3/t9-;/m1./s1. The SMILES string of the molecule is CC.CC[C@@H](C)CC1CCNCC1. The van der Waals surface area contributed by atoms with Crippen molar-refractivity contribution in [3.05, 3.63) is 0 Å². The maximum absolute atomic E-state index is 3.41. The van der Waals surface area contributed by atoms with Gasteiger partial charge in [0.2, 0.25) is 0 Å². The lowest BCUT2D eigenvalue weighted by Crippen LogP contribution is -2.28. The van der Waals surface area contributed by atoms with Crippen molar-refractivity contribution in [1.82, 2.24) is 5.32 Å². The smallest absolute Gasteiger partial charge is 0.00463 e. The maximum atomic E-state index is 3.41. The van der Waals surface area contributed by atoms with Gasteiger partial charge in [-0.15, -0.1) is 0 Å². The fourth-order valence-electron chi connectivity index (χ4n) is 1.85. The molecule has 1 N–H and O–H groups in total. The van der Waals surface area contributed by atoms with E-state index in [-0.39, 0.29) is 0 Å². The summed E-state index contributed by atoms with van der Waals surface area (Å²) in [7, 11) is 0. The molecule has 1 nitrogen and oxygen atoms in total. The summed E-state index contributed by atoms with van der Waals surface area (Å²) in [5.74, 6) is 1.96. The number of hydrogen-bond acceptors (Lipinski definition) is 1. The Morgan fingerprint density at radius 1 is 1.23 bits per heavy atom. The minimum absolute atomic E-state index is 0.943. The van der Waals surface area contributed by atoms with Crippen molar-refractivity contribution in [2.75, 3.05) is 13.1 Å². The van der Waals surface area contributed by atoms with Crippen molar-refractivity contribution >= 4 is 0 Å². The van der Waals surface area contributed by atoms with Gasteiger partial charge in [0.15, 0.2) is 0 Å². The van der Waals surface area contributed by atoms with Gasteiger partial charge in [-0.1, -0.05) is 34.1 Å². The largest absolute Gasteiger partial charge is 0.317 e. The van der Waals surface area contributed by atoms with E-state index in [0.29, 0.717) is 0 Å². The number of rotatable bonds is 3. The fourth-order valence-corrected chi connectivity index (χ4v) is 1.85. The van der Waals surface area contributed by atoms with E-state index in [4.69, 9.17) is 0 Å².